The molecule has 2 rings (SSSR count). The van der Waals surface area contributed by atoms with Crippen LogP contribution in [0.5, 0.6) is 0 Å². The summed E-state index contributed by atoms with van der Waals surface area (Å²) in [7, 11) is 0. The molecule has 0 spiro atoms. The number of rotatable bonds is 3. The standard InChI is InChI=1S/C14H20O2/c1-11-8-14(9-12(2)16-11)15-10-13-6-4-3-5-7-13/h3-7,11-12,14H,8-10H2,1-2H3/t11-,12?,14?/m1/s1. The molecule has 0 radical (unpaired) electrons. The van der Waals surface area contributed by atoms with Crippen molar-refractivity contribution in [2.75, 3.05) is 0 Å². The summed E-state index contributed by atoms with van der Waals surface area (Å²) in [6.07, 6.45) is 3.02. The fourth-order valence-corrected chi connectivity index (χ4v) is 2.27. The lowest BCUT2D eigenvalue weighted by atomic mass is 10.0. The summed E-state index contributed by atoms with van der Waals surface area (Å²) >= 11 is 0. The quantitative estimate of drug-likeness (QED) is 0.779. The summed E-state index contributed by atoms with van der Waals surface area (Å²) in [5.74, 6) is 0. The average molecular weight is 220 g/mol. The van der Waals surface area contributed by atoms with E-state index in [0.29, 0.717) is 24.9 Å². The van der Waals surface area contributed by atoms with Crippen molar-refractivity contribution in [3.05, 3.63) is 35.9 Å². The highest BCUT2D eigenvalue weighted by Crippen LogP contribution is 2.22. The minimum Gasteiger partial charge on any atom is -0.375 e. The fourth-order valence-electron chi connectivity index (χ4n) is 2.27. The first-order valence-electron chi connectivity index (χ1n) is 6.05. The van der Waals surface area contributed by atoms with Crippen LogP contribution in [-0.4, -0.2) is 18.3 Å². The van der Waals surface area contributed by atoms with Crippen LogP contribution in [0.3, 0.4) is 0 Å². The zero-order valence-corrected chi connectivity index (χ0v) is 10.1. The molecule has 3 atom stereocenters. The van der Waals surface area contributed by atoms with Crippen molar-refractivity contribution in [1.29, 1.82) is 0 Å². The van der Waals surface area contributed by atoms with E-state index in [4.69, 9.17) is 9.47 Å². The molecule has 0 saturated carbocycles. The van der Waals surface area contributed by atoms with Crippen LogP contribution < -0.4 is 0 Å². The van der Waals surface area contributed by atoms with Crippen LogP contribution in [0.25, 0.3) is 0 Å². The predicted octanol–water partition coefficient (Wildman–Crippen LogP) is 3.16. The monoisotopic (exact) mass is 220 g/mol. The van der Waals surface area contributed by atoms with Gasteiger partial charge in [0.1, 0.15) is 0 Å². The van der Waals surface area contributed by atoms with Crippen LogP contribution in [-0.2, 0) is 16.1 Å². The fraction of sp³-hybridized carbons (Fsp3) is 0.571. The van der Waals surface area contributed by atoms with E-state index in [1.165, 1.54) is 5.56 Å². The summed E-state index contributed by atoms with van der Waals surface area (Å²) in [6, 6.07) is 10.3. The smallest absolute Gasteiger partial charge is 0.0720 e. The van der Waals surface area contributed by atoms with Crippen LogP contribution in [0.4, 0.5) is 0 Å². The molecular formula is C14H20O2. The Hall–Kier alpha value is -0.860. The first-order chi connectivity index (χ1) is 7.74. The Bertz CT molecular complexity index is 300. The second-order valence-electron chi connectivity index (χ2n) is 4.65. The lowest BCUT2D eigenvalue weighted by Crippen LogP contribution is -2.33. The highest BCUT2D eigenvalue weighted by atomic mass is 16.5. The summed E-state index contributed by atoms with van der Waals surface area (Å²) < 4.78 is 11.6. The number of ether oxygens (including phenoxy) is 2. The topological polar surface area (TPSA) is 18.5 Å². The summed E-state index contributed by atoms with van der Waals surface area (Å²) in [5.41, 5.74) is 1.24. The van der Waals surface area contributed by atoms with Gasteiger partial charge in [0.15, 0.2) is 0 Å². The Labute approximate surface area is 97.6 Å². The van der Waals surface area contributed by atoms with Crippen LogP contribution in [0.15, 0.2) is 30.3 Å². The Balaban J connectivity index is 1.81. The van der Waals surface area contributed by atoms with Crippen molar-refractivity contribution in [3.8, 4) is 0 Å². The zero-order valence-electron chi connectivity index (χ0n) is 10.1. The van der Waals surface area contributed by atoms with E-state index in [-0.39, 0.29) is 0 Å². The van der Waals surface area contributed by atoms with Gasteiger partial charge in [0.25, 0.3) is 0 Å². The summed E-state index contributed by atoms with van der Waals surface area (Å²) in [6.45, 7) is 4.95. The van der Waals surface area contributed by atoms with Gasteiger partial charge < -0.3 is 9.47 Å². The third-order valence-electron chi connectivity index (χ3n) is 2.98. The minimum absolute atomic E-state index is 0.324. The number of benzene rings is 1. The van der Waals surface area contributed by atoms with Gasteiger partial charge in [-0.2, -0.15) is 0 Å². The zero-order chi connectivity index (χ0) is 11.4. The molecule has 2 heteroatoms. The molecule has 1 aliphatic heterocycles. The van der Waals surface area contributed by atoms with E-state index in [1.54, 1.807) is 0 Å². The number of hydrogen-bond donors (Lipinski definition) is 0. The van der Waals surface area contributed by atoms with Crippen LogP contribution >= 0.6 is 0 Å². The highest BCUT2D eigenvalue weighted by Gasteiger charge is 2.24. The van der Waals surface area contributed by atoms with Gasteiger partial charge in [-0.25, -0.2) is 0 Å². The van der Waals surface area contributed by atoms with Crippen molar-refractivity contribution >= 4 is 0 Å². The first kappa shape index (κ1) is 11.6. The molecule has 2 nitrogen and oxygen atoms in total. The average Bonchev–Trinajstić information content (AvgIpc) is 2.27. The van der Waals surface area contributed by atoms with Crippen LogP contribution in [0.2, 0.25) is 0 Å². The summed E-state index contributed by atoms with van der Waals surface area (Å²) in [4.78, 5) is 0. The van der Waals surface area contributed by atoms with E-state index in [2.05, 4.69) is 26.0 Å². The van der Waals surface area contributed by atoms with Gasteiger partial charge in [0.2, 0.25) is 0 Å². The summed E-state index contributed by atoms with van der Waals surface area (Å²) in [5, 5.41) is 0. The molecule has 1 saturated heterocycles. The van der Waals surface area contributed by atoms with Crippen LogP contribution in [0.1, 0.15) is 32.3 Å². The molecule has 1 heterocycles. The van der Waals surface area contributed by atoms with E-state index in [0.717, 1.165) is 12.8 Å². The van der Waals surface area contributed by atoms with Crippen molar-refractivity contribution < 1.29 is 9.47 Å². The largest absolute Gasteiger partial charge is 0.375 e. The van der Waals surface area contributed by atoms with Gasteiger partial charge in [0, 0.05) is 0 Å². The first-order valence-corrected chi connectivity index (χ1v) is 6.05. The molecular weight excluding hydrogens is 200 g/mol. The normalized spacial score (nSPS) is 30.2. The van der Waals surface area contributed by atoms with Crippen molar-refractivity contribution in [2.24, 2.45) is 0 Å². The molecule has 0 aliphatic carbocycles. The van der Waals surface area contributed by atoms with Gasteiger partial charge in [-0.3, -0.25) is 0 Å². The Kier molecular flexibility index (Phi) is 3.97. The van der Waals surface area contributed by atoms with Gasteiger partial charge in [-0.1, -0.05) is 30.3 Å². The molecule has 0 aromatic heterocycles. The third-order valence-corrected chi connectivity index (χ3v) is 2.98. The maximum atomic E-state index is 5.93. The Morgan fingerprint density at radius 1 is 1.12 bits per heavy atom. The number of hydrogen-bond acceptors (Lipinski definition) is 2. The van der Waals surface area contributed by atoms with Crippen molar-refractivity contribution in [1.82, 2.24) is 0 Å². The van der Waals surface area contributed by atoms with Crippen molar-refractivity contribution in [2.45, 2.75) is 51.6 Å². The minimum atomic E-state index is 0.324. The second kappa shape index (κ2) is 5.46. The van der Waals surface area contributed by atoms with E-state index >= 15 is 0 Å². The lowest BCUT2D eigenvalue weighted by molar-refractivity contribution is -0.106. The van der Waals surface area contributed by atoms with Gasteiger partial charge in [0.05, 0.1) is 24.9 Å². The predicted molar refractivity (Wildman–Crippen MR) is 64.3 cm³/mol. The molecule has 0 amide bonds. The molecule has 0 N–H and O–H groups in total. The molecule has 2 unspecified atom stereocenters. The van der Waals surface area contributed by atoms with E-state index < -0.39 is 0 Å². The third kappa shape index (κ3) is 3.32. The maximum absolute atomic E-state index is 5.93. The molecule has 16 heavy (non-hydrogen) atoms. The molecule has 1 fully saturated rings. The lowest BCUT2D eigenvalue weighted by Gasteiger charge is -2.32. The maximum Gasteiger partial charge on any atom is 0.0720 e. The van der Waals surface area contributed by atoms with Crippen molar-refractivity contribution in [3.63, 3.8) is 0 Å². The van der Waals surface area contributed by atoms with E-state index in [1.807, 2.05) is 18.2 Å². The Morgan fingerprint density at radius 2 is 1.75 bits per heavy atom. The molecule has 1 aromatic carbocycles. The van der Waals surface area contributed by atoms with Gasteiger partial charge >= 0.3 is 0 Å². The van der Waals surface area contributed by atoms with E-state index in [9.17, 15) is 0 Å². The molecule has 0 bridgehead atoms. The Morgan fingerprint density at radius 3 is 2.38 bits per heavy atom. The molecule has 88 valence electrons. The van der Waals surface area contributed by atoms with Gasteiger partial charge in [-0.05, 0) is 32.3 Å². The van der Waals surface area contributed by atoms with Gasteiger partial charge in [-0.15, -0.1) is 0 Å². The van der Waals surface area contributed by atoms with Crippen LogP contribution in [0, 0.1) is 0 Å². The molecule has 1 aliphatic rings. The highest BCUT2D eigenvalue weighted by molar-refractivity contribution is 5.13. The second-order valence-corrected chi connectivity index (χ2v) is 4.65. The SMILES string of the molecule is CC1CC(OCc2ccccc2)C[C@@H](C)O1. The molecule has 1 aromatic rings.